The zero-order valence-corrected chi connectivity index (χ0v) is 15.2. The summed E-state index contributed by atoms with van der Waals surface area (Å²) in [5.41, 5.74) is 2.96. The normalized spacial score (nSPS) is 13.5. The lowest BCUT2D eigenvalue weighted by Gasteiger charge is -2.09. The molecule has 0 spiro atoms. The number of benzene rings is 1. The largest absolute Gasteiger partial charge is 0.462 e. The molecule has 1 fully saturated rings. The van der Waals surface area contributed by atoms with E-state index in [4.69, 9.17) is 9.47 Å². The van der Waals surface area contributed by atoms with E-state index in [1.807, 2.05) is 17.5 Å². The lowest BCUT2D eigenvalue weighted by Crippen LogP contribution is -2.15. The van der Waals surface area contributed by atoms with E-state index in [9.17, 15) is 9.59 Å². The summed E-state index contributed by atoms with van der Waals surface area (Å²) in [6.07, 6.45) is 2.16. The molecule has 0 saturated heterocycles. The van der Waals surface area contributed by atoms with Crippen molar-refractivity contribution in [2.24, 2.45) is 0 Å². The third kappa shape index (κ3) is 4.08. The molecule has 1 N–H and O–H groups in total. The molecule has 0 unspecified atom stereocenters. The summed E-state index contributed by atoms with van der Waals surface area (Å²) >= 11 is 1.38. The minimum absolute atomic E-state index is 0.243. The average Bonchev–Trinajstić information content (AvgIpc) is 3.36. The Morgan fingerprint density at radius 3 is 2.80 bits per heavy atom. The zero-order chi connectivity index (χ0) is 17.8. The van der Waals surface area contributed by atoms with E-state index in [0.717, 1.165) is 24.0 Å². The Kier molecular flexibility index (Phi) is 5.50. The smallest absolute Gasteiger partial charge is 0.341 e. The van der Waals surface area contributed by atoms with Gasteiger partial charge in [-0.1, -0.05) is 12.1 Å². The molecule has 5 nitrogen and oxygen atoms in total. The van der Waals surface area contributed by atoms with Crippen molar-refractivity contribution in [1.29, 1.82) is 0 Å². The average molecular weight is 359 g/mol. The number of amides is 1. The highest BCUT2D eigenvalue weighted by atomic mass is 32.1. The molecule has 2 aromatic rings. The van der Waals surface area contributed by atoms with Crippen LogP contribution in [-0.4, -0.2) is 25.6 Å². The van der Waals surface area contributed by atoms with Gasteiger partial charge in [0.25, 0.3) is 5.91 Å². The van der Waals surface area contributed by atoms with Crippen molar-refractivity contribution in [2.45, 2.75) is 32.3 Å². The SMILES string of the molecule is CCOC(=O)c1c(C2CC2)csc1NC(=O)c1cccc(COC)c1. The van der Waals surface area contributed by atoms with Crippen molar-refractivity contribution >= 4 is 28.2 Å². The van der Waals surface area contributed by atoms with Crippen LogP contribution in [0.15, 0.2) is 29.6 Å². The number of rotatable bonds is 7. The van der Waals surface area contributed by atoms with Gasteiger partial charge in [0.15, 0.2) is 0 Å². The van der Waals surface area contributed by atoms with Crippen molar-refractivity contribution in [3.8, 4) is 0 Å². The van der Waals surface area contributed by atoms with Crippen LogP contribution in [0.1, 0.15) is 57.5 Å². The van der Waals surface area contributed by atoms with Gasteiger partial charge in [0.05, 0.1) is 18.8 Å². The number of anilines is 1. The lowest BCUT2D eigenvalue weighted by atomic mass is 10.1. The second-order valence-corrected chi connectivity index (χ2v) is 6.86. The van der Waals surface area contributed by atoms with Gasteiger partial charge in [0.2, 0.25) is 0 Å². The third-order valence-corrected chi connectivity index (χ3v) is 4.96. The van der Waals surface area contributed by atoms with Crippen LogP contribution in [0.3, 0.4) is 0 Å². The van der Waals surface area contributed by atoms with Crippen molar-refractivity contribution in [3.05, 3.63) is 51.9 Å². The number of thiophene rings is 1. The van der Waals surface area contributed by atoms with Crippen molar-refractivity contribution in [2.75, 3.05) is 19.0 Å². The quantitative estimate of drug-likeness (QED) is 0.753. The Labute approximate surface area is 151 Å². The van der Waals surface area contributed by atoms with Gasteiger partial charge in [-0.25, -0.2) is 4.79 Å². The van der Waals surface area contributed by atoms with Crippen LogP contribution in [0.4, 0.5) is 5.00 Å². The molecule has 3 rings (SSSR count). The minimum atomic E-state index is -0.367. The van der Waals surface area contributed by atoms with E-state index < -0.39 is 0 Å². The molecular weight excluding hydrogens is 338 g/mol. The van der Waals surface area contributed by atoms with Gasteiger partial charge in [-0.15, -0.1) is 11.3 Å². The van der Waals surface area contributed by atoms with Gasteiger partial charge in [-0.3, -0.25) is 4.79 Å². The maximum absolute atomic E-state index is 12.6. The van der Waals surface area contributed by atoms with E-state index >= 15 is 0 Å². The Morgan fingerprint density at radius 1 is 1.32 bits per heavy atom. The summed E-state index contributed by atoms with van der Waals surface area (Å²) in [5, 5.41) is 5.39. The van der Waals surface area contributed by atoms with E-state index in [1.54, 1.807) is 26.2 Å². The topological polar surface area (TPSA) is 64.6 Å². The fraction of sp³-hybridized carbons (Fsp3) is 0.368. The molecule has 1 aromatic carbocycles. The first-order valence-corrected chi connectivity index (χ1v) is 9.19. The summed E-state index contributed by atoms with van der Waals surface area (Å²) in [7, 11) is 1.61. The second kappa shape index (κ2) is 7.80. The van der Waals surface area contributed by atoms with Gasteiger partial charge in [-0.2, -0.15) is 0 Å². The van der Waals surface area contributed by atoms with E-state index in [2.05, 4.69) is 5.32 Å². The zero-order valence-electron chi connectivity index (χ0n) is 14.3. The molecule has 1 aliphatic rings. The fourth-order valence-electron chi connectivity index (χ4n) is 2.72. The molecule has 132 valence electrons. The number of nitrogens with one attached hydrogen (secondary N) is 1. The van der Waals surface area contributed by atoms with Crippen LogP contribution in [0.2, 0.25) is 0 Å². The van der Waals surface area contributed by atoms with Crippen LogP contribution in [0.25, 0.3) is 0 Å². The Morgan fingerprint density at radius 2 is 2.12 bits per heavy atom. The minimum Gasteiger partial charge on any atom is -0.462 e. The van der Waals surface area contributed by atoms with Crippen LogP contribution in [0.5, 0.6) is 0 Å². The molecule has 0 bridgehead atoms. The highest BCUT2D eigenvalue weighted by Gasteiger charge is 2.32. The first kappa shape index (κ1) is 17.6. The number of carbonyl (C=O) groups is 2. The Hall–Kier alpha value is -2.18. The van der Waals surface area contributed by atoms with Gasteiger partial charge < -0.3 is 14.8 Å². The molecule has 6 heteroatoms. The molecule has 0 atom stereocenters. The predicted octanol–water partition coefficient (Wildman–Crippen LogP) is 4.20. The molecule has 0 radical (unpaired) electrons. The van der Waals surface area contributed by atoms with Crippen molar-refractivity contribution < 1.29 is 19.1 Å². The molecule has 25 heavy (non-hydrogen) atoms. The maximum atomic E-state index is 12.6. The van der Waals surface area contributed by atoms with Crippen LogP contribution < -0.4 is 5.32 Å². The molecule has 0 aliphatic heterocycles. The summed E-state index contributed by atoms with van der Waals surface area (Å²) in [6.45, 7) is 2.53. The lowest BCUT2D eigenvalue weighted by molar-refractivity contribution is 0.0527. The predicted molar refractivity (Wildman–Crippen MR) is 97.4 cm³/mol. The van der Waals surface area contributed by atoms with E-state index in [1.165, 1.54) is 11.3 Å². The first-order chi connectivity index (χ1) is 12.1. The fourth-order valence-corrected chi connectivity index (χ4v) is 3.74. The first-order valence-electron chi connectivity index (χ1n) is 8.31. The van der Waals surface area contributed by atoms with Gasteiger partial charge >= 0.3 is 5.97 Å². The van der Waals surface area contributed by atoms with Gasteiger partial charge in [0, 0.05) is 12.7 Å². The highest BCUT2D eigenvalue weighted by molar-refractivity contribution is 7.15. The van der Waals surface area contributed by atoms with Crippen LogP contribution >= 0.6 is 11.3 Å². The number of methoxy groups -OCH3 is 1. The summed E-state index contributed by atoms with van der Waals surface area (Å²) < 4.78 is 10.3. The Bertz CT molecular complexity index is 779. The van der Waals surface area contributed by atoms with E-state index in [-0.39, 0.29) is 11.9 Å². The number of esters is 1. The van der Waals surface area contributed by atoms with Crippen LogP contribution in [0, 0.1) is 0 Å². The Balaban J connectivity index is 1.83. The monoisotopic (exact) mass is 359 g/mol. The van der Waals surface area contributed by atoms with Crippen molar-refractivity contribution in [3.63, 3.8) is 0 Å². The van der Waals surface area contributed by atoms with Gasteiger partial charge in [0.1, 0.15) is 5.00 Å². The molecule has 1 saturated carbocycles. The van der Waals surface area contributed by atoms with Crippen LogP contribution in [-0.2, 0) is 16.1 Å². The number of carbonyl (C=O) groups excluding carboxylic acids is 2. The molecule has 1 heterocycles. The number of hydrogen-bond donors (Lipinski definition) is 1. The van der Waals surface area contributed by atoms with Gasteiger partial charge in [-0.05, 0) is 54.3 Å². The third-order valence-electron chi connectivity index (χ3n) is 4.04. The molecule has 1 amide bonds. The molecular formula is C19H21NO4S. The molecule has 1 aliphatic carbocycles. The van der Waals surface area contributed by atoms with E-state index in [0.29, 0.717) is 35.3 Å². The molecule has 1 aromatic heterocycles. The highest BCUT2D eigenvalue weighted by Crippen LogP contribution is 2.46. The summed E-state index contributed by atoms with van der Waals surface area (Å²) in [6, 6.07) is 7.26. The second-order valence-electron chi connectivity index (χ2n) is 5.98. The number of ether oxygens (including phenoxy) is 2. The standard InChI is InChI=1S/C19H21NO4S/c1-3-24-19(22)16-15(13-7-8-13)11-25-18(16)20-17(21)14-6-4-5-12(9-14)10-23-2/h4-6,9,11,13H,3,7-8,10H2,1-2H3,(H,20,21). The summed E-state index contributed by atoms with van der Waals surface area (Å²) in [5.74, 6) is -0.201. The summed E-state index contributed by atoms with van der Waals surface area (Å²) in [4.78, 5) is 25.0. The van der Waals surface area contributed by atoms with Crippen molar-refractivity contribution in [1.82, 2.24) is 0 Å². The number of hydrogen-bond acceptors (Lipinski definition) is 5. The maximum Gasteiger partial charge on any atom is 0.341 e.